The molecular weight excluding hydrogens is 688 g/mol. The number of aliphatic hydroxyl groups is 3. The summed E-state index contributed by atoms with van der Waals surface area (Å²) in [5.41, 5.74) is 13.6. The number of benzene rings is 1. The summed E-state index contributed by atoms with van der Waals surface area (Å²) >= 11 is 0. The van der Waals surface area contributed by atoms with Crippen molar-refractivity contribution in [1.82, 2.24) is 44.8 Å². The van der Waals surface area contributed by atoms with Crippen molar-refractivity contribution in [3.05, 3.63) is 64.7 Å². The molecule has 4 aromatic heterocycles. The lowest BCUT2D eigenvalue weighted by molar-refractivity contribution is -0.140. The van der Waals surface area contributed by atoms with Crippen LogP contribution in [0, 0.1) is 0 Å². The Kier molecular flexibility index (Phi) is 11.1. The van der Waals surface area contributed by atoms with Crippen molar-refractivity contribution in [1.29, 1.82) is 0 Å². The van der Waals surface area contributed by atoms with Gasteiger partial charge < -0.3 is 56.9 Å². The van der Waals surface area contributed by atoms with Crippen LogP contribution in [-0.4, -0.2) is 121 Å². The Balaban J connectivity index is 0.000000231. The fourth-order valence-electron chi connectivity index (χ4n) is 5.19. The van der Waals surface area contributed by atoms with Crippen LogP contribution in [0.5, 0.6) is 0 Å². The minimum Gasteiger partial charge on any atom is -0.481 e. The lowest BCUT2D eigenvalue weighted by Gasteiger charge is -2.19. The molecule has 0 radical (unpaired) electrons. The Hall–Kier alpha value is -6.36. The van der Waals surface area contributed by atoms with E-state index in [0.717, 1.165) is 5.69 Å². The van der Waals surface area contributed by atoms with Gasteiger partial charge in [-0.25, -0.2) is 24.7 Å². The number of aromatic amines is 1. The van der Waals surface area contributed by atoms with E-state index in [1.165, 1.54) is 29.4 Å². The number of aliphatic hydroxyl groups excluding tert-OH is 3. The Labute approximate surface area is 291 Å². The number of nitrogens with two attached hydrogens (primary N) is 2. The molecule has 1 saturated heterocycles. The lowest BCUT2D eigenvalue weighted by Crippen LogP contribution is -2.41. The minimum absolute atomic E-state index is 0.0138. The number of nitrogens with one attached hydrogen (secondary N) is 2. The molecule has 274 valence electrons. The number of carboxylic acid groups (broad SMARTS) is 2. The van der Waals surface area contributed by atoms with Crippen molar-refractivity contribution in [2.24, 2.45) is 0 Å². The molecule has 0 spiro atoms. The second-order valence-corrected chi connectivity index (χ2v) is 11.5. The summed E-state index contributed by atoms with van der Waals surface area (Å²) < 4.78 is 6.70. The zero-order valence-corrected chi connectivity index (χ0v) is 27.3. The fourth-order valence-corrected chi connectivity index (χ4v) is 5.19. The molecule has 0 aliphatic carbocycles. The second kappa shape index (κ2) is 15.7. The van der Waals surface area contributed by atoms with Gasteiger partial charge in [0, 0.05) is 24.7 Å². The molecule has 22 nitrogen and oxygen atoms in total. The number of hydrogen-bond acceptors (Lipinski definition) is 17. The third-order valence-electron chi connectivity index (χ3n) is 7.88. The van der Waals surface area contributed by atoms with Crippen LogP contribution in [0.4, 0.5) is 17.5 Å². The van der Waals surface area contributed by atoms with Gasteiger partial charge in [-0.3, -0.25) is 19.0 Å². The first-order valence-electron chi connectivity index (χ1n) is 15.4. The smallest absolute Gasteiger partial charge is 0.326 e. The molecule has 1 aliphatic heterocycles. The van der Waals surface area contributed by atoms with Crippen LogP contribution in [0.15, 0.2) is 47.9 Å². The van der Waals surface area contributed by atoms with Gasteiger partial charge in [0.05, 0.1) is 37.7 Å². The Bertz CT molecular complexity index is 2140. The maximum atomic E-state index is 12.4. The molecule has 1 fully saturated rings. The molecule has 5 atom stereocenters. The summed E-state index contributed by atoms with van der Waals surface area (Å²) in [6, 6.07) is 5.16. The van der Waals surface area contributed by atoms with Crippen LogP contribution in [0.1, 0.15) is 35.1 Å². The Morgan fingerprint density at radius 2 is 1.77 bits per heavy atom. The topological polar surface area (TPSA) is 344 Å². The SMILES string of the molecule is CN(Cc1cnc2nc(N)nc(N)c2n1)c1ccc(C(=O)N[C@@H](CCC(=O)O)C(=O)O)cc1.O=c1[nH]cnc2c1ncn2[C@@H]1O[C@H](CO)[C@@H](O)[C@H]1O. The first kappa shape index (κ1) is 36.9. The lowest BCUT2D eigenvalue weighted by atomic mass is 10.1. The highest BCUT2D eigenvalue weighted by atomic mass is 16.6. The third-order valence-corrected chi connectivity index (χ3v) is 7.88. The van der Waals surface area contributed by atoms with E-state index in [-0.39, 0.29) is 41.3 Å². The van der Waals surface area contributed by atoms with Crippen molar-refractivity contribution < 1.29 is 44.7 Å². The molecule has 22 heteroatoms. The van der Waals surface area contributed by atoms with E-state index in [0.29, 0.717) is 23.4 Å². The summed E-state index contributed by atoms with van der Waals surface area (Å²) in [4.78, 5) is 74.4. The van der Waals surface area contributed by atoms with E-state index in [2.05, 4.69) is 40.2 Å². The highest BCUT2D eigenvalue weighted by Gasteiger charge is 2.44. The van der Waals surface area contributed by atoms with Gasteiger partial charge in [0.2, 0.25) is 5.95 Å². The van der Waals surface area contributed by atoms with Gasteiger partial charge in [0.15, 0.2) is 34.4 Å². The van der Waals surface area contributed by atoms with Crippen molar-refractivity contribution in [3.63, 3.8) is 0 Å². The monoisotopic (exact) mass is 722 g/mol. The Morgan fingerprint density at radius 1 is 1.04 bits per heavy atom. The number of amides is 1. The van der Waals surface area contributed by atoms with E-state index in [1.807, 2.05) is 11.9 Å². The second-order valence-electron chi connectivity index (χ2n) is 11.5. The zero-order chi connectivity index (χ0) is 37.7. The molecule has 5 aromatic rings. The highest BCUT2D eigenvalue weighted by molar-refractivity contribution is 5.97. The molecule has 6 rings (SSSR count). The number of anilines is 3. The average molecular weight is 723 g/mol. The number of aliphatic carboxylic acids is 2. The molecule has 0 saturated carbocycles. The van der Waals surface area contributed by atoms with E-state index < -0.39 is 60.6 Å². The molecule has 1 aromatic carbocycles. The van der Waals surface area contributed by atoms with Gasteiger partial charge in [-0.05, 0) is 30.7 Å². The van der Waals surface area contributed by atoms with Crippen LogP contribution in [-0.2, 0) is 20.9 Å². The maximum absolute atomic E-state index is 12.4. The van der Waals surface area contributed by atoms with E-state index in [9.17, 15) is 34.5 Å². The first-order chi connectivity index (χ1) is 24.8. The number of aromatic nitrogens is 8. The van der Waals surface area contributed by atoms with Crippen LogP contribution in [0.25, 0.3) is 22.3 Å². The molecule has 5 heterocycles. The number of carbonyl (C=O) groups is 3. The predicted molar refractivity (Wildman–Crippen MR) is 179 cm³/mol. The van der Waals surface area contributed by atoms with Crippen molar-refractivity contribution in [2.75, 3.05) is 30.0 Å². The summed E-state index contributed by atoms with van der Waals surface area (Å²) in [5.74, 6) is -2.91. The number of fused-ring (bicyclic) bond motifs is 2. The van der Waals surface area contributed by atoms with E-state index >= 15 is 0 Å². The summed E-state index contributed by atoms with van der Waals surface area (Å²) in [6.45, 7) is -0.0516. The summed E-state index contributed by atoms with van der Waals surface area (Å²) in [6.07, 6.45) is -0.820. The van der Waals surface area contributed by atoms with Crippen LogP contribution in [0.3, 0.4) is 0 Å². The summed E-state index contributed by atoms with van der Waals surface area (Å²) in [7, 11) is 1.82. The van der Waals surface area contributed by atoms with Crippen LogP contribution in [0.2, 0.25) is 0 Å². The van der Waals surface area contributed by atoms with E-state index in [4.69, 9.17) is 26.4 Å². The first-order valence-corrected chi connectivity index (χ1v) is 15.4. The van der Waals surface area contributed by atoms with Crippen LogP contribution < -0.4 is 27.2 Å². The fraction of sp³-hybridized carbons (Fsp3) is 0.333. The Morgan fingerprint density at radius 3 is 2.42 bits per heavy atom. The molecule has 1 aliphatic rings. The maximum Gasteiger partial charge on any atom is 0.326 e. The molecule has 0 bridgehead atoms. The number of nitrogen functional groups attached to an aromatic ring is 2. The quantitative estimate of drug-likeness (QED) is 0.0711. The van der Waals surface area contributed by atoms with Gasteiger partial charge in [-0.15, -0.1) is 0 Å². The van der Waals surface area contributed by atoms with E-state index in [1.54, 1.807) is 18.3 Å². The number of rotatable bonds is 11. The van der Waals surface area contributed by atoms with Gasteiger partial charge >= 0.3 is 11.9 Å². The number of carboxylic acids is 2. The average Bonchev–Trinajstić information content (AvgIpc) is 3.67. The number of carbonyl (C=O) groups excluding carboxylic acids is 1. The zero-order valence-electron chi connectivity index (χ0n) is 27.3. The predicted octanol–water partition coefficient (Wildman–Crippen LogP) is -2.00. The minimum atomic E-state index is -1.30. The number of hydrogen-bond donors (Lipinski definition) is 9. The largest absolute Gasteiger partial charge is 0.481 e. The highest BCUT2D eigenvalue weighted by Crippen LogP contribution is 2.30. The number of nitrogens with zero attached hydrogens (tertiary/aromatic N) is 8. The normalized spacial score (nSPS) is 18.8. The molecule has 0 unspecified atom stereocenters. The van der Waals surface area contributed by atoms with Gasteiger partial charge in [0.1, 0.15) is 24.4 Å². The number of ether oxygens (including phenoxy) is 1. The molecule has 11 N–H and O–H groups in total. The number of H-pyrrole nitrogens is 1. The standard InChI is InChI=1S/C20H22N8O5.C10H12N4O5/c1-28(9-11-8-23-17-15(24-11)16(21)26-20(22)27-17)12-4-2-10(3-5-12)18(31)25-13(19(32)33)6-7-14(29)30;15-1-4-6(16)7(17)10(19-4)14-3-13-5-8(14)11-2-12-9(5)18/h2-5,8,13H,6-7,9H2,1H3,(H,25,31)(H,29,30)(H,32,33)(H4,21,22,23,26,27);2-4,6-7,10,15-17H,1H2,(H,11,12,18)/t13-;4-,6-,7-,10-/m01/s1. The number of imidazole rings is 1. The summed E-state index contributed by atoms with van der Waals surface area (Å²) in [5, 5.41) is 48.9. The van der Waals surface area contributed by atoms with Crippen molar-refractivity contribution in [2.45, 2.75) is 50.0 Å². The van der Waals surface area contributed by atoms with Gasteiger partial charge in [0.25, 0.3) is 11.5 Å². The third kappa shape index (κ3) is 8.15. The van der Waals surface area contributed by atoms with Crippen LogP contribution >= 0.6 is 0 Å². The molecular formula is C30H34N12O10. The van der Waals surface area contributed by atoms with Crippen molar-refractivity contribution >= 4 is 57.6 Å². The van der Waals surface area contributed by atoms with Gasteiger partial charge in [-0.2, -0.15) is 9.97 Å². The molecule has 1 amide bonds. The molecule has 52 heavy (non-hydrogen) atoms. The van der Waals surface area contributed by atoms with Crippen molar-refractivity contribution in [3.8, 4) is 0 Å². The van der Waals surface area contributed by atoms with Gasteiger partial charge in [-0.1, -0.05) is 0 Å².